The summed E-state index contributed by atoms with van der Waals surface area (Å²) in [6.07, 6.45) is 1.37. The Morgan fingerprint density at radius 3 is 2.95 bits per heavy atom. The molecule has 1 aromatic carbocycles. The lowest BCUT2D eigenvalue weighted by Crippen LogP contribution is -2.19. The number of aromatic nitrogens is 2. The second kappa shape index (κ2) is 5.85. The van der Waals surface area contributed by atoms with E-state index in [4.69, 9.17) is 21.1 Å². The van der Waals surface area contributed by atoms with Crippen LogP contribution in [0.1, 0.15) is 31.5 Å². The molecule has 3 rings (SSSR count). The van der Waals surface area contributed by atoms with Gasteiger partial charge in [0.05, 0.1) is 29.6 Å². The Morgan fingerprint density at radius 2 is 2.33 bits per heavy atom. The van der Waals surface area contributed by atoms with Gasteiger partial charge in [-0.1, -0.05) is 0 Å². The van der Waals surface area contributed by atoms with Crippen molar-refractivity contribution in [2.75, 3.05) is 13.7 Å². The molecule has 3 atom stereocenters. The van der Waals surface area contributed by atoms with Gasteiger partial charge in [-0.2, -0.15) is 0 Å². The minimum atomic E-state index is -0.124. The lowest BCUT2D eigenvalue weighted by atomic mass is 10.0. The molecule has 0 saturated carbocycles. The molecule has 1 aliphatic rings. The van der Waals surface area contributed by atoms with E-state index < -0.39 is 0 Å². The van der Waals surface area contributed by atoms with Crippen LogP contribution in [0.5, 0.6) is 5.75 Å². The van der Waals surface area contributed by atoms with Crippen molar-refractivity contribution in [1.82, 2.24) is 9.55 Å². The number of benzene rings is 1. The number of nitrogens with zero attached hydrogens (tertiary/aromatic N) is 2. The fourth-order valence-electron chi connectivity index (χ4n) is 2.99. The van der Waals surface area contributed by atoms with Crippen LogP contribution < -0.4 is 4.74 Å². The van der Waals surface area contributed by atoms with Gasteiger partial charge in [-0.05, 0) is 32.4 Å². The van der Waals surface area contributed by atoms with E-state index in [1.807, 2.05) is 25.1 Å². The Labute approximate surface area is 130 Å². The van der Waals surface area contributed by atoms with Crippen LogP contribution in [0.4, 0.5) is 0 Å². The summed E-state index contributed by atoms with van der Waals surface area (Å²) in [6.45, 7) is 5.83. The molecule has 0 spiro atoms. The molecule has 0 radical (unpaired) electrons. The second-order valence-electron chi connectivity index (χ2n) is 5.68. The molecule has 1 aromatic heterocycles. The molecule has 2 aromatic rings. The normalized spacial score (nSPS) is 23.6. The van der Waals surface area contributed by atoms with Crippen molar-refractivity contribution in [3.8, 4) is 5.75 Å². The largest absolute Gasteiger partial charge is 0.497 e. The summed E-state index contributed by atoms with van der Waals surface area (Å²) in [7, 11) is 1.68. The molecular formula is C16H21ClN2O2. The zero-order valence-corrected chi connectivity index (χ0v) is 13.4. The van der Waals surface area contributed by atoms with Crippen molar-refractivity contribution in [3.05, 3.63) is 24.0 Å². The van der Waals surface area contributed by atoms with E-state index in [1.54, 1.807) is 7.11 Å². The third-order valence-corrected chi connectivity index (χ3v) is 4.49. The number of halogens is 1. The van der Waals surface area contributed by atoms with Gasteiger partial charge < -0.3 is 14.0 Å². The average molecular weight is 309 g/mol. The van der Waals surface area contributed by atoms with E-state index in [-0.39, 0.29) is 11.5 Å². The molecule has 0 aliphatic carbocycles. The van der Waals surface area contributed by atoms with Crippen LogP contribution in [0, 0.1) is 5.92 Å². The van der Waals surface area contributed by atoms with Crippen LogP contribution in [0.3, 0.4) is 0 Å². The lowest BCUT2D eigenvalue weighted by Gasteiger charge is -2.18. The Morgan fingerprint density at radius 1 is 1.52 bits per heavy atom. The van der Waals surface area contributed by atoms with Crippen molar-refractivity contribution < 1.29 is 9.47 Å². The molecule has 1 saturated heterocycles. The van der Waals surface area contributed by atoms with E-state index in [2.05, 4.69) is 16.5 Å². The Hall–Kier alpha value is -1.26. The van der Waals surface area contributed by atoms with Gasteiger partial charge in [0.1, 0.15) is 11.6 Å². The molecule has 4 nitrogen and oxygen atoms in total. The highest BCUT2D eigenvalue weighted by molar-refractivity contribution is 6.20. The zero-order chi connectivity index (χ0) is 15.0. The summed E-state index contributed by atoms with van der Waals surface area (Å²) >= 11 is 6.33. The number of methoxy groups -OCH3 is 1. The number of alkyl halides is 1. The van der Waals surface area contributed by atoms with Crippen molar-refractivity contribution >= 4 is 22.6 Å². The minimum absolute atomic E-state index is 0.124. The predicted octanol–water partition coefficient (Wildman–Crippen LogP) is 3.77. The number of ether oxygens (including phenoxy) is 2. The number of hydrogen-bond donors (Lipinski definition) is 0. The van der Waals surface area contributed by atoms with Crippen molar-refractivity contribution in [2.24, 2.45) is 5.92 Å². The first kappa shape index (κ1) is 14.7. The number of hydrogen-bond acceptors (Lipinski definition) is 3. The fourth-order valence-corrected chi connectivity index (χ4v) is 3.16. The molecule has 5 heteroatoms. The van der Waals surface area contributed by atoms with E-state index in [0.717, 1.165) is 42.2 Å². The highest BCUT2D eigenvalue weighted by Gasteiger charge is 2.27. The van der Waals surface area contributed by atoms with Crippen molar-refractivity contribution in [1.29, 1.82) is 0 Å². The van der Waals surface area contributed by atoms with Gasteiger partial charge in [-0.25, -0.2) is 4.98 Å². The molecule has 114 valence electrons. The van der Waals surface area contributed by atoms with Crippen LogP contribution in [0.25, 0.3) is 11.0 Å². The number of rotatable bonds is 4. The maximum absolute atomic E-state index is 6.33. The molecule has 1 fully saturated rings. The monoisotopic (exact) mass is 308 g/mol. The topological polar surface area (TPSA) is 36.3 Å². The molecule has 21 heavy (non-hydrogen) atoms. The highest BCUT2D eigenvalue weighted by Crippen LogP contribution is 2.30. The summed E-state index contributed by atoms with van der Waals surface area (Å²) in [4.78, 5) is 4.69. The first-order valence-electron chi connectivity index (χ1n) is 7.40. The van der Waals surface area contributed by atoms with Gasteiger partial charge in [0.2, 0.25) is 0 Å². The van der Waals surface area contributed by atoms with Crippen molar-refractivity contribution in [2.45, 2.75) is 38.3 Å². The van der Waals surface area contributed by atoms with E-state index >= 15 is 0 Å². The highest BCUT2D eigenvalue weighted by atomic mass is 35.5. The van der Waals surface area contributed by atoms with Crippen LogP contribution in [-0.4, -0.2) is 29.4 Å². The van der Waals surface area contributed by atoms with E-state index in [1.165, 1.54) is 0 Å². The molecule has 0 amide bonds. The Kier molecular flexibility index (Phi) is 4.09. The lowest BCUT2D eigenvalue weighted by molar-refractivity contribution is 0.102. The molecule has 1 aliphatic heterocycles. The maximum atomic E-state index is 6.33. The molecular weight excluding hydrogens is 288 g/mol. The van der Waals surface area contributed by atoms with Gasteiger partial charge in [0, 0.05) is 25.1 Å². The second-order valence-corrected chi connectivity index (χ2v) is 6.33. The van der Waals surface area contributed by atoms with Crippen LogP contribution >= 0.6 is 11.6 Å². The Bertz CT molecular complexity index is 638. The SMILES string of the molecule is COc1ccc2nc(C(C)Cl)n(CC3CCOC3C)c2c1. The maximum Gasteiger partial charge on any atom is 0.127 e. The van der Waals surface area contributed by atoms with Crippen LogP contribution in [0.2, 0.25) is 0 Å². The quantitative estimate of drug-likeness (QED) is 0.807. The smallest absolute Gasteiger partial charge is 0.127 e. The molecule has 0 N–H and O–H groups in total. The summed E-state index contributed by atoms with van der Waals surface area (Å²) < 4.78 is 13.2. The van der Waals surface area contributed by atoms with Crippen molar-refractivity contribution in [3.63, 3.8) is 0 Å². The summed E-state index contributed by atoms with van der Waals surface area (Å²) in [5, 5.41) is -0.124. The average Bonchev–Trinajstić information content (AvgIpc) is 3.03. The fraction of sp³-hybridized carbons (Fsp3) is 0.562. The minimum Gasteiger partial charge on any atom is -0.497 e. The van der Waals surface area contributed by atoms with Crippen LogP contribution in [-0.2, 0) is 11.3 Å². The standard InChI is InChI=1S/C16H21ClN2O2/c1-10(17)16-18-14-5-4-13(20-3)8-15(14)19(16)9-12-6-7-21-11(12)2/h4-5,8,10-12H,6-7,9H2,1-3H3. The van der Waals surface area contributed by atoms with E-state index in [0.29, 0.717) is 5.92 Å². The van der Waals surface area contributed by atoms with E-state index in [9.17, 15) is 0 Å². The molecule has 3 unspecified atom stereocenters. The van der Waals surface area contributed by atoms with Gasteiger partial charge in [0.25, 0.3) is 0 Å². The first-order chi connectivity index (χ1) is 10.1. The van der Waals surface area contributed by atoms with Gasteiger partial charge in [0.15, 0.2) is 0 Å². The van der Waals surface area contributed by atoms with Gasteiger partial charge in [-0.3, -0.25) is 0 Å². The Balaban J connectivity index is 2.05. The van der Waals surface area contributed by atoms with Gasteiger partial charge in [-0.15, -0.1) is 11.6 Å². The molecule has 2 heterocycles. The predicted molar refractivity (Wildman–Crippen MR) is 84.1 cm³/mol. The summed E-state index contributed by atoms with van der Waals surface area (Å²) in [5.41, 5.74) is 2.04. The summed E-state index contributed by atoms with van der Waals surface area (Å²) in [6, 6.07) is 5.96. The summed E-state index contributed by atoms with van der Waals surface area (Å²) in [5.74, 6) is 2.26. The van der Waals surface area contributed by atoms with Gasteiger partial charge >= 0.3 is 0 Å². The first-order valence-corrected chi connectivity index (χ1v) is 7.83. The number of fused-ring (bicyclic) bond motifs is 1. The van der Waals surface area contributed by atoms with Crippen LogP contribution in [0.15, 0.2) is 18.2 Å². The third-order valence-electron chi connectivity index (χ3n) is 4.29. The molecule has 0 bridgehead atoms. The zero-order valence-electron chi connectivity index (χ0n) is 12.7. The number of imidazole rings is 1. The third kappa shape index (κ3) is 2.74.